The number of allylic oxidation sites excluding steroid dienone is 24. The number of esters is 2. The van der Waals surface area contributed by atoms with Gasteiger partial charge < -0.3 is 18.9 Å². The Morgan fingerprint density at radius 1 is 0.364 bits per heavy atom. The highest BCUT2D eigenvalue weighted by molar-refractivity contribution is 7.47. The van der Waals surface area contributed by atoms with E-state index in [4.69, 9.17) is 18.5 Å². The Morgan fingerprint density at radius 2 is 0.648 bits per heavy atom. The Balaban J connectivity index is 4.16. The summed E-state index contributed by atoms with van der Waals surface area (Å²) in [6.45, 7) is 4.27. The fourth-order valence-corrected chi connectivity index (χ4v) is 10.2. The highest BCUT2D eigenvalue weighted by Crippen LogP contribution is 2.43. The number of carbonyl (C=O) groups is 2. The minimum absolute atomic E-state index is 0.0163. The van der Waals surface area contributed by atoms with Gasteiger partial charge >= 0.3 is 19.8 Å². The Hall–Kier alpha value is -4.11. The van der Waals surface area contributed by atoms with Crippen LogP contribution in [-0.2, 0) is 32.7 Å². The van der Waals surface area contributed by atoms with Crippen LogP contribution in [0.25, 0.3) is 0 Å². The zero-order chi connectivity index (χ0) is 64.1. The number of hydrogen-bond acceptors (Lipinski definition) is 7. The maximum Gasteiger partial charge on any atom is 0.472 e. The highest BCUT2D eigenvalue weighted by atomic mass is 31.2. The van der Waals surface area contributed by atoms with Crippen LogP contribution in [0.3, 0.4) is 0 Å². The van der Waals surface area contributed by atoms with E-state index in [1.165, 1.54) is 148 Å². The number of carbonyl (C=O) groups excluding carboxylic acids is 2. The van der Waals surface area contributed by atoms with Gasteiger partial charge in [-0.05, 0) is 122 Å². The third-order valence-corrected chi connectivity index (χ3v) is 15.8. The van der Waals surface area contributed by atoms with E-state index in [1.54, 1.807) is 0 Å². The lowest BCUT2D eigenvalue weighted by atomic mass is 10.0. The van der Waals surface area contributed by atoms with E-state index in [0.717, 1.165) is 103 Å². The van der Waals surface area contributed by atoms with Gasteiger partial charge in [-0.2, -0.15) is 0 Å². The number of hydrogen-bond donors (Lipinski definition) is 1. The summed E-state index contributed by atoms with van der Waals surface area (Å²) in [7, 11) is 1.44. The first-order valence-corrected chi connectivity index (χ1v) is 37.1. The monoisotopic (exact) mass is 1240 g/mol. The van der Waals surface area contributed by atoms with Crippen molar-refractivity contribution in [3.8, 4) is 0 Å². The minimum Gasteiger partial charge on any atom is -0.462 e. The number of phosphoric acid groups is 1. The van der Waals surface area contributed by atoms with Gasteiger partial charge in [-0.3, -0.25) is 18.6 Å². The molecule has 88 heavy (non-hydrogen) atoms. The predicted octanol–water partition coefficient (Wildman–Crippen LogP) is 23.4. The molecule has 0 fully saturated rings. The third kappa shape index (κ3) is 71.0. The first-order valence-electron chi connectivity index (χ1n) is 35.6. The number of quaternary nitrogens is 1. The van der Waals surface area contributed by atoms with Gasteiger partial charge in [0.05, 0.1) is 27.7 Å². The minimum atomic E-state index is -4.41. The second kappa shape index (κ2) is 67.3. The zero-order valence-corrected chi connectivity index (χ0v) is 58.1. The van der Waals surface area contributed by atoms with Crippen molar-refractivity contribution in [1.82, 2.24) is 0 Å². The Morgan fingerprint density at radius 3 is 0.989 bits per heavy atom. The molecule has 0 aromatic heterocycles. The van der Waals surface area contributed by atoms with Crippen molar-refractivity contribution in [1.29, 1.82) is 0 Å². The fraction of sp³-hybridized carbons (Fsp3) is 0.667. The molecule has 9 nitrogen and oxygen atoms in total. The summed E-state index contributed by atoms with van der Waals surface area (Å²) in [5, 5.41) is 0. The molecule has 0 rings (SSSR count). The lowest BCUT2D eigenvalue weighted by Crippen LogP contribution is -2.37. The molecule has 0 aromatic carbocycles. The van der Waals surface area contributed by atoms with E-state index in [9.17, 15) is 19.0 Å². The molecule has 0 bridgehead atoms. The quantitative estimate of drug-likeness (QED) is 0.0211. The van der Waals surface area contributed by atoms with E-state index in [-0.39, 0.29) is 32.0 Å². The molecular formula is C78H133NO8P+. The van der Waals surface area contributed by atoms with Crippen molar-refractivity contribution < 1.29 is 42.1 Å². The summed E-state index contributed by atoms with van der Waals surface area (Å²) in [5.41, 5.74) is 0. The maximum atomic E-state index is 12.9. The number of phosphoric ester groups is 1. The predicted molar refractivity (Wildman–Crippen MR) is 380 cm³/mol. The van der Waals surface area contributed by atoms with Gasteiger partial charge in [-0.15, -0.1) is 0 Å². The maximum absolute atomic E-state index is 12.9. The lowest BCUT2D eigenvalue weighted by molar-refractivity contribution is -0.870. The van der Waals surface area contributed by atoms with Gasteiger partial charge in [0.25, 0.3) is 0 Å². The average Bonchev–Trinajstić information content (AvgIpc) is 3.56. The molecule has 0 radical (unpaired) electrons. The molecule has 2 atom stereocenters. The van der Waals surface area contributed by atoms with Crippen LogP contribution in [0.15, 0.2) is 146 Å². The summed E-state index contributed by atoms with van der Waals surface area (Å²) in [6, 6.07) is 0. The largest absolute Gasteiger partial charge is 0.472 e. The van der Waals surface area contributed by atoms with E-state index in [1.807, 2.05) is 21.1 Å². The molecule has 1 N–H and O–H groups in total. The summed E-state index contributed by atoms with van der Waals surface area (Å²) in [5.74, 6) is -0.851. The number of rotatable bonds is 64. The smallest absolute Gasteiger partial charge is 0.462 e. The van der Waals surface area contributed by atoms with Crippen LogP contribution in [0.2, 0.25) is 0 Å². The van der Waals surface area contributed by atoms with Crippen molar-refractivity contribution in [3.05, 3.63) is 146 Å². The third-order valence-electron chi connectivity index (χ3n) is 14.9. The average molecular weight is 1240 g/mol. The first-order chi connectivity index (χ1) is 43.0. The van der Waals surface area contributed by atoms with Crippen molar-refractivity contribution >= 4 is 19.8 Å². The van der Waals surface area contributed by atoms with Gasteiger partial charge in [0, 0.05) is 12.8 Å². The Bertz CT molecular complexity index is 2000. The van der Waals surface area contributed by atoms with Gasteiger partial charge in [-0.25, -0.2) is 4.57 Å². The van der Waals surface area contributed by atoms with Gasteiger partial charge in [0.15, 0.2) is 6.10 Å². The summed E-state index contributed by atoms with van der Waals surface area (Å²) >= 11 is 0. The molecule has 0 aliphatic carbocycles. The van der Waals surface area contributed by atoms with Crippen LogP contribution in [0.5, 0.6) is 0 Å². The van der Waals surface area contributed by atoms with Gasteiger partial charge in [-0.1, -0.05) is 295 Å². The standard InChI is InChI=1S/C78H132NO8P/c1-6-8-10-12-14-16-18-20-22-24-26-28-30-32-34-36-38-39-41-43-45-47-49-51-53-55-57-59-61-63-65-67-69-71-78(81)87-76(75-86-88(82,83)85-73-72-79(3,4)5)74-84-77(80)70-68-66-64-62-60-58-56-54-52-50-48-46-44-42-40-37-35-33-31-29-27-25-23-21-19-17-15-13-11-9-7-2/h8,10,14,16,19-22,25-28,32,34,38-39,43,45,49,51,55,57,61,63,76H,6-7,9,11-13,15,17-18,23-24,29-31,33,35-37,40-42,44,46-48,50,52-54,56,58-60,62,64-75H2,1-5H3/p+1/b10-8-,16-14-,21-19-,22-20-,27-25-,28-26-,34-32-,39-38-,45-43-,51-49-,57-55-,63-61-. The molecular weight excluding hydrogens is 1110 g/mol. The molecule has 0 heterocycles. The number of likely N-dealkylation sites (N-methyl/N-ethyl adjacent to an activating group) is 1. The second-order valence-electron chi connectivity index (χ2n) is 24.5. The first kappa shape index (κ1) is 83.9. The van der Waals surface area contributed by atoms with Crippen molar-refractivity contribution in [2.45, 2.75) is 290 Å². The number of unbranched alkanes of at least 4 members (excludes halogenated alkanes) is 26. The second-order valence-corrected chi connectivity index (χ2v) is 26.0. The molecule has 0 aliphatic rings. The van der Waals surface area contributed by atoms with Crippen LogP contribution in [0.1, 0.15) is 284 Å². The zero-order valence-electron chi connectivity index (χ0n) is 57.2. The van der Waals surface area contributed by atoms with Crippen molar-refractivity contribution in [2.75, 3.05) is 47.5 Å². The topological polar surface area (TPSA) is 108 Å². The summed E-state index contributed by atoms with van der Waals surface area (Å²) < 4.78 is 34.7. The van der Waals surface area contributed by atoms with Crippen LogP contribution in [0, 0.1) is 0 Å². The van der Waals surface area contributed by atoms with Gasteiger partial charge in [0.1, 0.15) is 19.8 Å². The van der Waals surface area contributed by atoms with E-state index in [2.05, 4.69) is 160 Å². The molecule has 2 unspecified atom stereocenters. The highest BCUT2D eigenvalue weighted by Gasteiger charge is 2.27. The fourth-order valence-electron chi connectivity index (χ4n) is 9.43. The molecule has 0 saturated heterocycles. The number of nitrogens with zero attached hydrogens (tertiary/aromatic N) is 1. The van der Waals surface area contributed by atoms with Crippen molar-refractivity contribution in [3.63, 3.8) is 0 Å². The van der Waals surface area contributed by atoms with Crippen LogP contribution >= 0.6 is 7.82 Å². The molecule has 502 valence electrons. The molecule has 10 heteroatoms. The van der Waals surface area contributed by atoms with Crippen LogP contribution in [0.4, 0.5) is 0 Å². The molecule has 0 saturated carbocycles. The lowest BCUT2D eigenvalue weighted by Gasteiger charge is -2.24. The van der Waals surface area contributed by atoms with E-state index >= 15 is 0 Å². The molecule has 0 aliphatic heterocycles. The molecule has 0 aromatic rings. The Kier molecular flexibility index (Phi) is 64.1. The SMILES string of the molecule is CC/C=C\C/C=C\C/C=C\C/C=C\C/C=C\C/C=C\C/C=C\C/C=C\C/C=C\C/C=C\CCCCC(=O)OC(COC(=O)CCCCCCCCCCCCCCCCCCCCC/C=C\C/C=C\CCCCCCC)COP(=O)(O)OCC[N+](C)(C)C. The van der Waals surface area contributed by atoms with Crippen LogP contribution < -0.4 is 0 Å². The summed E-state index contributed by atoms with van der Waals surface area (Å²) in [4.78, 5) is 35.9. The molecule has 0 amide bonds. The Labute approximate surface area is 542 Å². The normalized spacial score (nSPS) is 14.0. The van der Waals surface area contributed by atoms with Crippen molar-refractivity contribution in [2.24, 2.45) is 0 Å². The van der Waals surface area contributed by atoms with Crippen LogP contribution in [-0.4, -0.2) is 74.9 Å². The van der Waals surface area contributed by atoms with E-state index < -0.39 is 26.5 Å². The summed E-state index contributed by atoms with van der Waals surface area (Å²) in [6.07, 6.45) is 99.6. The number of ether oxygens (including phenoxy) is 2. The van der Waals surface area contributed by atoms with E-state index in [0.29, 0.717) is 17.4 Å². The molecule has 0 spiro atoms. The van der Waals surface area contributed by atoms with Gasteiger partial charge in [0.2, 0.25) is 0 Å².